The molecule has 12 nitrogen and oxygen atoms in total. The van der Waals surface area contributed by atoms with E-state index in [4.69, 9.17) is 40.4 Å². The quantitative estimate of drug-likeness (QED) is 0.164. The summed E-state index contributed by atoms with van der Waals surface area (Å²) in [6.45, 7) is 13.7. The van der Waals surface area contributed by atoms with E-state index in [1.807, 2.05) is 48.5 Å². The van der Waals surface area contributed by atoms with Crippen LogP contribution in [0.3, 0.4) is 0 Å². The number of aryl methyl sites for hydroxylation is 1. The number of benzene rings is 4. The molecule has 4 aromatic carbocycles. The summed E-state index contributed by atoms with van der Waals surface area (Å²) >= 11 is 0. The average molecular weight is 825 g/mol. The van der Waals surface area contributed by atoms with Crippen molar-refractivity contribution in [2.75, 3.05) is 13.2 Å². The summed E-state index contributed by atoms with van der Waals surface area (Å²) in [4.78, 5) is 26.1. The molecule has 2 spiro atoms. The van der Waals surface area contributed by atoms with Gasteiger partial charge in [0.05, 0.1) is 0 Å². The summed E-state index contributed by atoms with van der Waals surface area (Å²) in [6.07, 6.45) is 12.3. The number of aromatic nitrogens is 4. The van der Waals surface area contributed by atoms with Crippen molar-refractivity contribution in [1.29, 1.82) is 0 Å². The van der Waals surface area contributed by atoms with E-state index in [1.54, 1.807) is 24.8 Å². The molecule has 0 amide bonds. The van der Waals surface area contributed by atoms with Gasteiger partial charge < -0.3 is 30.4 Å². The van der Waals surface area contributed by atoms with Crippen molar-refractivity contribution in [3.63, 3.8) is 0 Å². The van der Waals surface area contributed by atoms with Gasteiger partial charge in [-0.2, -0.15) is 0 Å². The smallest absolute Gasteiger partial charge is 0.283 e. The summed E-state index contributed by atoms with van der Waals surface area (Å²) in [5.41, 5.74) is 20.3. The lowest BCUT2D eigenvalue weighted by Crippen LogP contribution is -2.31. The van der Waals surface area contributed by atoms with E-state index >= 15 is 0 Å². The summed E-state index contributed by atoms with van der Waals surface area (Å²) in [5, 5.41) is 0. The van der Waals surface area contributed by atoms with Crippen LogP contribution in [0.25, 0.3) is 22.3 Å². The Hall–Kier alpha value is -7.26. The predicted molar refractivity (Wildman–Crippen MR) is 239 cm³/mol. The molecule has 0 fully saturated rings. The molecule has 4 aliphatic rings. The largest absolute Gasteiger partial charge is 0.462 e. The molecule has 4 N–H and O–H groups in total. The first-order valence-electron chi connectivity index (χ1n) is 20.6. The molecule has 62 heavy (non-hydrogen) atoms. The first kappa shape index (κ1) is 40.2. The molecular weight excluding hydrogens is 777 g/mol. The topological polar surface area (TPSA) is 165 Å². The molecule has 10 rings (SSSR count). The molecule has 2 atom stereocenters. The Labute approximate surface area is 361 Å². The molecule has 0 radical (unpaired) electrons. The van der Waals surface area contributed by atoms with Crippen LogP contribution >= 0.6 is 0 Å². The van der Waals surface area contributed by atoms with Crippen molar-refractivity contribution < 1.29 is 18.9 Å². The van der Waals surface area contributed by atoms with Gasteiger partial charge in [-0.25, -0.2) is 29.9 Å². The van der Waals surface area contributed by atoms with Crippen LogP contribution in [0.15, 0.2) is 120 Å². The van der Waals surface area contributed by atoms with Crippen molar-refractivity contribution in [2.45, 2.75) is 65.5 Å². The fourth-order valence-corrected chi connectivity index (χ4v) is 8.02. The van der Waals surface area contributed by atoms with Gasteiger partial charge in [-0.15, -0.1) is 0 Å². The SMILES string of the molecule is CC(C)(C)C#Cc1ccc2c(c1)[C@]1(COC(N)=N1)c1cc(-c3cncnc3)ccc1O2.CC(C)(C)CCc1ccc2c(c1)[C@]1(COC(N)=N1)c1cc(-c3cncnc3)ccc1O2. The zero-order chi connectivity index (χ0) is 43.3. The van der Waals surface area contributed by atoms with Crippen LogP contribution in [0.2, 0.25) is 0 Å². The van der Waals surface area contributed by atoms with E-state index < -0.39 is 11.1 Å². The monoisotopic (exact) mass is 824 g/mol. The molecule has 12 heteroatoms. The van der Waals surface area contributed by atoms with E-state index in [0.29, 0.717) is 13.2 Å². The van der Waals surface area contributed by atoms with E-state index in [0.717, 1.165) is 85.9 Å². The van der Waals surface area contributed by atoms with E-state index in [2.05, 4.69) is 97.6 Å². The van der Waals surface area contributed by atoms with Gasteiger partial charge in [0.25, 0.3) is 12.0 Å². The van der Waals surface area contributed by atoms with Gasteiger partial charge >= 0.3 is 0 Å². The maximum atomic E-state index is 6.29. The van der Waals surface area contributed by atoms with Gasteiger partial charge in [0.2, 0.25) is 0 Å². The summed E-state index contributed by atoms with van der Waals surface area (Å²) < 4.78 is 23.9. The average Bonchev–Trinajstić information content (AvgIpc) is 3.85. The van der Waals surface area contributed by atoms with Crippen LogP contribution in [-0.2, 0) is 27.0 Å². The van der Waals surface area contributed by atoms with Gasteiger partial charge in [0.1, 0.15) is 48.9 Å². The van der Waals surface area contributed by atoms with E-state index in [-0.39, 0.29) is 22.9 Å². The Morgan fingerprint density at radius 3 is 1.47 bits per heavy atom. The van der Waals surface area contributed by atoms with Crippen molar-refractivity contribution in [3.05, 3.63) is 144 Å². The molecule has 0 bridgehead atoms. The Bertz CT molecular complexity index is 2820. The Kier molecular flexibility index (Phi) is 9.93. The van der Waals surface area contributed by atoms with Crippen LogP contribution in [0.4, 0.5) is 0 Å². The normalized spacial score (nSPS) is 19.0. The number of nitrogens with zero attached hydrogens (tertiary/aromatic N) is 6. The third kappa shape index (κ3) is 7.78. The number of ether oxygens (including phenoxy) is 4. The van der Waals surface area contributed by atoms with Crippen molar-refractivity contribution in [2.24, 2.45) is 32.3 Å². The van der Waals surface area contributed by atoms with Gasteiger partial charge in [0.15, 0.2) is 11.1 Å². The number of aliphatic imine (C=N–C) groups is 2. The molecular formula is C50H48N8O4. The number of amidine groups is 2. The number of hydrogen-bond donors (Lipinski definition) is 2. The molecule has 2 aromatic heterocycles. The molecule has 0 saturated heterocycles. The number of fused-ring (bicyclic) bond motifs is 8. The highest BCUT2D eigenvalue weighted by atomic mass is 16.5. The van der Waals surface area contributed by atoms with Gasteiger partial charge in [-0.3, -0.25) is 0 Å². The first-order valence-corrected chi connectivity index (χ1v) is 20.6. The fraction of sp³-hybridized carbons (Fsp3) is 0.280. The number of nitrogens with two attached hydrogens (primary N) is 2. The minimum atomic E-state index is -0.794. The van der Waals surface area contributed by atoms with Crippen LogP contribution in [0, 0.1) is 22.7 Å². The van der Waals surface area contributed by atoms with Gasteiger partial charge in [-0.1, -0.05) is 50.8 Å². The van der Waals surface area contributed by atoms with Crippen molar-refractivity contribution in [3.8, 4) is 57.1 Å². The second-order valence-corrected chi connectivity index (χ2v) is 18.2. The predicted octanol–water partition coefficient (Wildman–Crippen LogP) is 9.05. The Morgan fingerprint density at radius 1 is 0.565 bits per heavy atom. The summed E-state index contributed by atoms with van der Waals surface area (Å²) in [5.74, 6) is 9.57. The minimum absolute atomic E-state index is 0.0948. The second-order valence-electron chi connectivity index (χ2n) is 18.2. The molecule has 6 aromatic rings. The number of hydrogen-bond acceptors (Lipinski definition) is 12. The minimum Gasteiger partial charge on any atom is -0.462 e. The van der Waals surface area contributed by atoms with Crippen LogP contribution in [0.5, 0.6) is 23.0 Å². The van der Waals surface area contributed by atoms with Gasteiger partial charge in [-0.05, 0) is 110 Å². The number of rotatable bonds is 4. The van der Waals surface area contributed by atoms with E-state index in [1.165, 1.54) is 18.2 Å². The van der Waals surface area contributed by atoms with E-state index in [9.17, 15) is 0 Å². The second kappa shape index (κ2) is 15.3. The molecule has 0 unspecified atom stereocenters. The fourth-order valence-electron chi connectivity index (χ4n) is 8.02. The molecule has 6 heterocycles. The van der Waals surface area contributed by atoms with Crippen LogP contribution < -0.4 is 20.9 Å². The van der Waals surface area contributed by atoms with Crippen molar-refractivity contribution in [1.82, 2.24) is 19.9 Å². The van der Waals surface area contributed by atoms with Gasteiger partial charge in [0, 0.05) is 69.1 Å². The third-order valence-corrected chi connectivity index (χ3v) is 11.2. The zero-order valence-electron chi connectivity index (χ0n) is 35.7. The van der Waals surface area contributed by atoms with Crippen LogP contribution in [-0.4, -0.2) is 45.2 Å². The Balaban J connectivity index is 0.000000158. The summed E-state index contributed by atoms with van der Waals surface area (Å²) in [6, 6.07) is 24.7. The molecule has 4 aliphatic heterocycles. The summed E-state index contributed by atoms with van der Waals surface area (Å²) in [7, 11) is 0. The van der Waals surface area contributed by atoms with Crippen LogP contribution in [0.1, 0.15) is 81.3 Å². The molecule has 0 aliphatic carbocycles. The lowest BCUT2D eigenvalue weighted by Gasteiger charge is -2.34. The Morgan fingerprint density at radius 2 is 1.02 bits per heavy atom. The third-order valence-electron chi connectivity index (χ3n) is 11.2. The molecule has 312 valence electrons. The lowest BCUT2D eigenvalue weighted by atomic mass is 9.79. The lowest BCUT2D eigenvalue weighted by molar-refractivity contribution is 0.264. The highest BCUT2D eigenvalue weighted by molar-refractivity contribution is 5.79. The van der Waals surface area contributed by atoms with Crippen molar-refractivity contribution >= 4 is 12.0 Å². The standard InChI is InChI=1S/C25H26N4O2.C25H22N4O2/c2*1-24(2,3)9-8-16-4-6-21-19(10-16)25(14-30-23(26)29-25)20-11-17(5-7-22(20)31-21)18-12-27-15-28-13-18/h4-7,10-13,15H,8-9,14H2,1-3H3,(H2,26,29);4-7,10-13,15H,14H2,1-3H3,(H2,26,29)/t2*25-/m11/s1. The first-order chi connectivity index (χ1) is 29.7. The zero-order valence-corrected chi connectivity index (χ0v) is 35.7. The molecule has 0 saturated carbocycles. The highest BCUT2D eigenvalue weighted by Gasteiger charge is 2.48. The maximum absolute atomic E-state index is 6.29. The maximum Gasteiger partial charge on any atom is 0.283 e. The highest BCUT2D eigenvalue weighted by Crippen LogP contribution is 2.53.